The molecule has 12 heteroatoms. The number of amides is 1. The molecule has 3 rings (SSSR count). The third kappa shape index (κ3) is 9.70. The molecular formula is C27H28Cl3N5O3S. The van der Waals surface area contributed by atoms with Crippen LogP contribution in [-0.4, -0.2) is 44.0 Å². The lowest BCUT2D eigenvalue weighted by Gasteiger charge is -2.27. The maximum Gasteiger partial charge on any atom is 0.324 e. The molecule has 0 saturated carbocycles. The highest BCUT2D eigenvalue weighted by Gasteiger charge is 2.35. The number of pyridine rings is 1. The van der Waals surface area contributed by atoms with Gasteiger partial charge in [0.2, 0.25) is 9.70 Å². The number of halogens is 3. The second-order valence-corrected chi connectivity index (χ2v) is 11.9. The summed E-state index contributed by atoms with van der Waals surface area (Å²) in [5.41, 5.74) is 7.87. The van der Waals surface area contributed by atoms with Gasteiger partial charge in [-0.1, -0.05) is 97.2 Å². The summed E-state index contributed by atoms with van der Waals surface area (Å²) >= 11 is 19.7. The van der Waals surface area contributed by atoms with Crippen LogP contribution in [0.2, 0.25) is 0 Å². The van der Waals surface area contributed by atoms with Crippen molar-refractivity contribution in [3.05, 3.63) is 78.5 Å². The van der Waals surface area contributed by atoms with Crippen molar-refractivity contribution in [1.82, 2.24) is 15.6 Å². The molecule has 3 aromatic rings. The van der Waals surface area contributed by atoms with E-state index in [4.69, 9.17) is 45.3 Å². The smallest absolute Gasteiger partial charge is 0.324 e. The number of fused-ring (bicyclic) bond motifs is 1. The van der Waals surface area contributed by atoms with Gasteiger partial charge in [0, 0.05) is 17.7 Å². The van der Waals surface area contributed by atoms with Crippen molar-refractivity contribution in [3.8, 4) is 0 Å². The Morgan fingerprint density at radius 1 is 1.08 bits per heavy atom. The molecule has 1 aromatic heterocycles. The molecule has 0 fully saturated rings. The molecule has 8 nitrogen and oxygen atoms in total. The lowest BCUT2D eigenvalue weighted by Crippen LogP contribution is -2.54. The Bertz CT molecular complexity index is 1330. The Kier molecular flexibility index (Phi) is 11.4. The van der Waals surface area contributed by atoms with Crippen LogP contribution in [0.5, 0.6) is 0 Å². The van der Waals surface area contributed by atoms with Crippen LogP contribution in [-0.2, 0) is 14.3 Å². The van der Waals surface area contributed by atoms with Crippen molar-refractivity contribution < 1.29 is 14.3 Å². The minimum atomic E-state index is -1.97. The highest BCUT2D eigenvalue weighted by molar-refractivity contribution is 8.13. The number of esters is 1. The van der Waals surface area contributed by atoms with Crippen LogP contribution in [0.4, 0.5) is 5.69 Å². The Morgan fingerprint density at radius 3 is 2.49 bits per heavy atom. The Hall–Kier alpha value is -2.82. The molecule has 206 valence electrons. The lowest BCUT2D eigenvalue weighted by atomic mass is 10.1. The number of aliphatic imine (C=N–C) groups is 1. The summed E-state index contributed by atoms with van der Waals surface area (Å²) in [6.07, 6.45) is 3.42. The topological polar surface area (TPSA) is 119 Å². The summed E-state index contributed by atoms with van der Waals surface area (Å²) in [5.74, 6) is -1.28. The molecule has 0 aliphatic heterocycles. The third-order valence-corrected chi connectivity index (χ3v) is 6.70. The SMILES string of the molecule is CC(C)C(N)C(=O)OCS/C(=N/c1cccc2cccnc12)NC(NC(=O)/C=C/c1ccccc1)C(Cl)(Cl)Cl. The molecule has 1 amide bonds. The number of rotatable bonds is 9. The lowest BCUT2D eigenvalue weighted by molar-refractivity contribution is -0.144. The monoisotopic (exact) mass is 607 g/mol. The fourth-order valence-corrected chi connectivity index (χ4v) is 4.13. The van der Waals surface area contributed by atoms with Gasteiger partial charge in [-0.15, -0.1) is 0 Å². The van der Waals surface area contributed by atoms with Crippen molar-refractivity contribution in [2.75, 3.05) is 5.94 Å². The van der Waals surface area contributed by atoms with E-state index in [2.05, 4.69) is 20.6 Å². The second kappa shape index (κ2) is 14.5. The number of para-hydroxylation sites is 1. The number of nitrogens with zero attached hydrogens (tertiary/aromatic N) is 2. The van der Waals surface area contributed by atoms with Crippen molar-refractivity contribution in [1.29, 1.82) is 0 Å². The Morgan fingerprint density at radius 2 is 1.79 bits per heavy atom. The predicted octanol–water partition coefficient (Wildman–Crippen LogP) is 5.56. The number of thioether (sulfide) groups is 1. The van der Waals surface area contributed by atoms with E-state index in [1.54, 1.807) is 18.3 Å². The summed E-state index contributed by atoms with van der Waals surface area (Å²) < 4.78 is 3.35. The number of carbonyl (C=O) groups excluding carboxylic acids is 2. The first-order valence-corrected chi connectivity index (χ1v) is 14.0. The molecule has 4 N–H and O–H groups in total. The standard InChI is InChI=1S/C27H28Cl3N5O3S/c1-17(2)22(31)24(37)38-16-39-26(33-20-12-6-10-19-11-7-15-32-23(19)20)35-25(27(28,29)30)34-21(36)14-13-18-8-4-3-5-9-18/h3-15,17,22,25H,16,31H2,1-2H3,(H,33,35)(H,34,36)/b14-13+. The number of alkyl halides is 3. The molecule has 2 atom stereocenters. The fourth-order valence-electron chi connectivity index (χ4n) is 3.16. The number of nitrogens with one attached hydrogen (secondary N) is 2. The maximum atomic E-state index is 12.7. The van der Waals surface area contributed by atoms with E-state index in [1.807, 2.05) is 68.4 Å². The normalized spacial score (nSPS) is 13.9. The fraction of sp³-hybridized carbons (Fsp3) is 0.259. The quantitative estimate of drug-likeness (QED) is 0.0727. The summed E-state index contributed by atoms with van der Waals surface area (Å²) in [7, 11) is 0. The molecule has 1 heterocycles. The first-order chi connectivity index (χ1) is 18.5. The third-order valence-electron chi connectivity index (χ3n) is 5.33. The minimum Gasteiger partial charge on any atom is -0.453 e. The van der Waals surface area contributed by atoms with E-state index in [0.29, 0.717) is 11.2 Å². The average Bonchev–Trinajstić information content (AvgIpc) is 2.91. The number of amidine groups is 1. The van der Waals surface area contributed by atoms with Gasteiger partial charge in [0.15, 0.2) is 5.17 Å². The zero-order valence-electron chi connectivity index (χ0n) is 21.2. The van der Waals surface area contributed by atoms with Gasteiger partial charge in [0.25, 0.3) is 0 Å². The Labute approximate surface area is 246 Å². The van der Waals surface area contributed by atoms with E-state index >= 15 is 0 Å². The van der Waals surface area contributed by atoms with Gasteiger partial charge in [-0.2, -0.15) is 0 Å². The molecule has 2 aromatic carbocycles. The maximum absolute atomic E-state index is 12.7. The van der Waals surface area contributed by atoms with Crippen LogP contribution >= 0.6 is 46.6 Å². The summed E-state index contributed by atoms with van der Waals surface area (Å²) in [5, 5.41) is 6.69. The largest absolute Gasteiger partial charge is 0.453 e. The zero-order valence-corrected chi connectivity index (χ0v) is 24.3. The van der Waals surface area contributed by atoms with Gasteiger partial charge in [-0.3, -0.25) is 14.6 Å². The van der Waals surface area contributed by atoms with Crippen LogP contribution in [0.15, 0.2) is 77.9 Å². The van der Waals surface area contributed by atoms with Crippen molar-refractivity contribution in [2.24, 2.45) is 16.6 Å². The van der Waals surface area contributed by atoms with Crippen LogP contribution < -0.4 is 16.4 Å². The summed E-state index contributed by atoms with van der Waals surface area (Å²) in [6.45, 7) is 3.64. The summed E-state index contributed by atoms with van der Waals surface area (Å²) in [4.78, 5) is 34.0. The van der Waals surface area contributed by atoms with Crippen molar-refractivity contribution in [3.63, 3.8) is 0 Å². The molecule has 39 heavy (non-hydrogen) atoms. The Balaban J connectivity index is 1.85. The molecule has 0 radical (unpaired) electrons. The molecule has 0 spiro atoms. The van der Waals surface area contributed by atoms with Gasteiger partial charge in [-0.25, -0.2) is 4.99 Å². The highest BCUT2D eigenvalue weighted by atomic mass is 35.6. The van der Waals surface area contributed by atoms with Crippen molar-refractivity contribution in [2.45, 2.75) is 29.8 Å². The van der Waals surface area contributed by atoms with Crippen LogP contribution in [0.1, 0.15) is 19.4 Å². The first kappa shape index (κ1) is 30.7. The number of aromatic nitrogens is 1. The predicted molar refractivity (Wildman–Crippen MR) is 161 cm³/mol. The van der Waals surface area contributed by atoms with Crippen LogP contribution in [0.3, 0.4) is 0 Å². The van der Waals surface area contributed by atoms with Gasteiger partial charge in [0.05, 0.1) is 11.2 Å². The van der Waals surface area contributed by atoms with Gasteiger partial charge < -0.3 is 21.1 Å². The number of ether oxygens (including phenoxy) is 1. The molecular weight excluding hydrogens is 581 g/mol. The van der Waals surface area contributed by atoms with Gasteiger partial charge in [-0.05, 0) is 41.5 Å². The van der Waals surface area contributed by atoms with E-state index < -0.39 is 27.9 Å². The number of benzene rings is 2. The number of carbonyl (C=O) groups is 2. The molecule has 0 aliphatic rings. The minimum absolute atomic E-state index is 0.0941. The van der Waals surface area contributed by atoms with E-state index in [9.17, 15) is 9.59 Å². The second-order valence-electron chi connectivity index (χ2n) is 8.64. The van der Waals surface area contributed by atoms with Crippen molar-refractivity contribution >= 4 is 86.3 Å². The van der Waals surface area contributed by atoms with E-state index in [0.717, 1.165) is 22.7 Å². The number of nitrogens with two attached hydrogens (primary N) is 1. The van der Waals surface area contributed by atoms with Gasteiger partial charge in [0.1, 0.15) is 18.1 Å². The zero-order chi connectivity index (χ0) is 28.4. The van der Waals surface area contributed by atoms with Crippen LogP contribution in [0, 0.1) is 5.92 Å². The molecule has 0 aliphatic carbocycles. The average molecular weight is 609 g/mol. The number of hydrogen-bond acceptors (Lipinski definition) is 7. The number of hydrogen-bond donors (Lipinski definition) is 3. The summed E-state index contributed by atoms with van der Waals surface area (Å²) in [6, 6.07) is 17.7. The van der Waals surface area contributed by atoms with Crippen LogP contribution in [0.25, 0.3) is 17.0 Å². The highest BCUT2D eigenvalue weighted by Crippen LogP contribution is 2.30. The molecule has 0 saturated heterocycles. The van der Waals surface area contributed by atoms with E-state index in [-0.39, 0.29) is 17.0 Å². The van der Waals surface area contributed by atoms with Gasteiger partial charge >= 0.3 is 5.97 Å². The molecule has 0 bridgehead atoms. The van der Waals surface area contributed by atoms with E-state index in [1.165, 1.54) is 6.08 Å². The molecule has 2 unspecified atom stereocenters. The first-order valence-electron chi connectivity index (χ1n) is 11.9.